The Bertz CT molecular complexity index is 393. The van der Waals surface area contributed by atoms with Gasteiger partial charge in [0.05, 0.1) is 0 Å². The number of rotatable bonds is 6. The molecule has 0 saturated carbocycles. The van der Waals surface area contributed by atoms with E-state index in [9.17, 15) is 9.59 Å². The summed E-state index contributed by atoms with van der Waals surface area (Å²) in [6, 6.07) is 9.34. The van der Waals surface area contributed by atoms with Gasteiger partial charge in [-0.25, -0.2) is 10.2 Å². The van der Waals surface area contributed by atoms with E-state index in [1.807, 2.05) is 30.3 Å². The Kier molecular flexibility index (Phi) is 7.09. The molecule has 0 radical (unpaired) electrons. The van der Waals surface area contributed by atoms with Gasteiger partial charge >= 0.3 is 6.09 Å². The standard InChI is InChI=1S/C14H20N2O3/c1-2-3-5-10-13(17)15-16-14(18)19-11-12-8-6-4-7-9-12/h4,6-9H,2-3,5,10-11H2,1H3,(H,15,17)(H,16,18). The van der Waals surface area contributed by atoms with E-state index < -0.39 is 6.09 Å². The number of carbonyl (C=O) groups excluding carboxylic acids is 2. The van der Waals surface area contributed by atoms with E-state index >= 15 is 0 Å². The second-order valence-electron chi connectivity index (χ2n) is 4.19. The summed E-state index contributed by atoms with van der Waals surface area (Å²) < 4.78 is 4.94. The number of unbranched alkanes of at least 4 members (excludes halogenated alkanes) is 2. The average molecular weight is 264 g/mol. The molecule has 2 amide bonds. The molecule has 0 aliphatic rings. The number of hydrogen-bond acceptors (Lipinski definition) is 3. The highest BCUT2D eigenvalue weighted by atomic mass is 16.6. The molecule has 0 atom stereocenters. The summed E-state index contributed by atoms with van der Waals surface area (Å²) in [6.45, 7) is 2.25. The number of nitrogens with one attached hydrogen (secondary N) is 2. The molecular weight excluding hydrogens is 244 g/mol. The first-order valence-electron chi connectivity index (χ1n) is 6.48. The van der Waals surface area contributed by atoms with E-state index in [1.165, 1.54) is 0 Å². The Balaban J connectivity index is 2.12. The quantitative estimate of drug-likeness (QED) is 0.613. The predicted octanol–water partition coefficient (Wildman–Crippen LogP) is 2.52. The average Bonchev–Trinajstić information content (AvgIpc) is 2.44. The van der Waals surface area contributed by atoms with Gasteiger partial charge in [0.1, 0.15) is 6.61 Å². The van der Waals surface area contributed by atoms with Crippen molar-refractivity contribution in [1.82, 2.24) is 10.9 Å². The zero-order valence-corrected chi connectivity index (χ0v) is 11.1. The maximum atomic E-state index is 11.3. The van der Waals surface area contributed by atoms with Gasteiger partial charge in [-0.2, -0.15) is 0 Å². The lowest BCUT2D eigenvalue weighted by Gasteiger charge is -2.08. The Morgan fingerprint density at radius 1 is 1.11 bits per heavy atom. The van der Waals surface area contributed by atoms with Crippen molar-refractivity contribution in [3.05, 3.63) is 35.9 Å². The van der Waals surface area contributed by atoms with Gasteiger partial charge in [-0.1, -0.05) is 50.1 Å². The molecule has 0 aliphatic heterocycles. The molecule has 5 nitrogen and oxygen atoms in total. The first-order chi connectivity index (χ1) is 9.22. The van der Waals surface area contributed by atoms with Crippen LogP contribution in [0.1, 0.15) is 38.2 Å². The number of amides is 2. The number of hydrogen-bond donors (Lipinski definition) is 2. The molecule has 0 aliphatic carbocycles. The van der Waals surface area contributed by atoms with E-state index in [2.05, 4.69) is 17.8 Å². The fraction of sp³-hybridized carbons (Fsp3) is 0.429. The van der Waals surface area contributed by atoms with E-state index in [-0.39, 0.29) is 12.5 Å². The van der Waals surface area contributed by atoms with Crippen LogP contribution in [0.4, 0.5) is 4.79 Å². The highest BCUT2D eigenvalue weighted by Crippen LogP contribution is 2.00. The van der Waals surface area contributed by atoms with Crippen molar-refractivity contribution < 1.29 is 14.3 Å². The van der Waals surface area contributed by atoms with E-state index in [1.54, 1.807) is 0 Å². The van der Waals surface area contributed by atoms with Gasteiger partial charge in [0.15, 0.2) is 0 Å². The minimum atomic E-state index is -0.660. The van der Waals surface area contributed by atoms with Gasteiger partial charge in [0, 0.05) is 6.42 Å². The van der Waals surface area contributed by atoms with Crippen molar-refractivity contribution in [2.24, 2.45) is 0 Å². The first kappa shape index (κ1) is 15.0. The van der Waals surface area contributed by atoms with Crippen LogP contribution in [0.2, 0.25) is 0 Å². The normalized spacial score (nSPS) is 9.74. The van der Waals surface area contributed by atoms with Crippen molar-refractivity contribution in [2.45, 2.75) is 39.2 Å². The molecule has 104 valence electrons. The molecule has 2 N–H and O–H groups in total. The lowest BCUT2D eigenvalue weighted by Crippen LogP contribution is -2.41. The predicted molar refractivity (Wildman–Crippen MR) is 72.0 cm³/mol. The fourth-order valence-electron chi connectivity index (χ4n) is 1.48. The number of ether oxygens (including phenoxy) is 1. The van der Waals surface area contributed by atoms with Gasteiger partial charge in [-0.3, -0.25) is 10.2 Å². The van der Waals surface area contributed by atoms with Gasteiger partial charge in [0.2, 0.25) is 5.91 Å². The minimum absolute atomic E-state index is 0.179. The minimum Gasteiger partial charge on any atom is -0.443 e. The third-order valence-electron chi connectivity index (χ3n) is 2.52. The Hall–Kier alpha value is -2.04. The molecule has 0 spiro atoms. The third-order valence-corrected chi connectivity index (χ3v) is 2.52. The van der Waals surface area contributed by atoms with Crippen LogP contribution in [0.5, 0.6) is 0 Å². The van der Waals surface area contributed by atoms with Crippen LogP contribution in [0.15, 0.2) is 30.3 Å². The van der Waals surface area contributed by atoms with Crippen LogP contribution in [-0.4, -0.2) is 12.0 Å². The molecule has 1 rings (SSSR count). The van der Waals surface area contributed by atoms with E-state index in [0.29, 0.717) is 6.42 Å². The molecule has 5 heteroatoms. The molecule has 0 aromatic heterocycles. The number of hydrazine groups is 1. The fourth-order valence-corrected chi connectivity index (χ4v) is 1.48. The molecule has 0 saturated heterocycles. The van der Waals surface area contributed by atoms with E-state index in [4.69, 9.17) is 4.74 Å². The second kappa shape index (κ2) is 8.97. The molecule has 0 heterocycles. The van der Waals surface area contributed by atoms with Crippen LogP contribution in [-0.2, 0) is 16.1 Å². The van der Waals surface area contributed by atoms with Crippen LogP contribution < -0.4 is 10.9 Å². The topological polar surface area (TPSA) is 67.4 Å². The van der Waals surface area contributed by atoms with Crippen molar-refractivity contribution in [1.29, 1.82) is 0 Å². The lowest BCUT2D eigenvalue weighted by atomic mass is 10.2. The summed E-state index contributed by atoms with van der Waals surface area (Å²) in [7, 11) is 0. The summed E-state index contributed by atoms with van der Waals surface area (Å²) in [5.41, 5.74) is 5.43. The Labute approximate surface area is 113 Å². The summed E-state index contributed by atoms with van der Waals surface area (Å²) in [4.78, 5) is 22.6. The van der Waals surface area contributed by atoms with Crippen LogP contribution >= 0.6 is 0 Å². The molecule has 0 bridgehead atoms. The summed E-state index contributed by atoms with van der Waals surface area (Å²) in [6.07, 6.45) is 2.63. The molecule has 1 aromatic rings. The van der Waals surface area contributed by atoms with Gasteiger partial charge in [0.25, 0.3) is 0 Å². The lowest BCUT2D eigenvalue weighted by molar-refractivity contribution is -0.122. The highest BCUT2D eigenvalue weighted by molar-refractivity contribution is 5.78. The second-order valence-corrected chi connectivity index (χ2v) is 4.19. The number of benzene rings is 1. The molecular formula is C14H20N2O3. The van der Waals surface area contributed by atoms with Crippen molar-refractivity contribution in [3.8, 4) is 0 Å². The molecule has 0 fully saturated rings. The maximum Gasteiger partial charge on any atom is 0.426 e. The highest BCUT2D eigenvalue weighted by Gasteiger charge is 2.05. The van der Waals surface area contributed by atoms with Crippen molar-refractivity contribution >= 4 is 12.0 Å². The zero-order valence-electron chi connectivity index (χ0n) is 11.1. The number of carbonyl (C=O) groups is 2. The van der Waals surface area contributed by atoms with Crippen molar-refractivity contribution in [2.75, 3.05) is 0 Å². The Morgan fingerprint density at radius 2 is 1.84 bits per heavy atom. The largest absolute Gasteiger partial charge is 0.443 e. The monoisotopic (exact) mass is 264 g/mol. The third kappa shape index (κ3) is 7.08. The first-order valence-corrected chi connectivity index (χ1v) is 6.48. The smallest absolute Gasteiger partial charge is 0.426 e. The van der Waals surface area contributed by atoms with Crippen LogP contribution in [0.3, 0.4) is 0 Å². The summed E-state index contributed by atoms with van der Waals surface area (Å²) in [5.74, 6) is -0.204. The van der Waals surface area contributed by atoms with Crippen molar-refractivity contribution in [3.63, 3.8) is 0 Å². The summed E-state index contributed by atoms with van der Waals surface area (Å²) >= 11 is 0. The van der Waals surface area contributed by atoms with Gasteiger partial charge < -0.3 is 4.74 Å². The molecule has 1 aromatic carbocycles. The van der Waals surface area contributed by atoms with Gasteiger partial charge in [-0.15, -0.1) is 0 Å². The summed E-state index contributed by atoms with van der Waals surface area (Å²) in [5, 5.41) is 0. The van der Waals surface area contributed by atoms with E-state index in [0.717, 1.165) is 24.8 Å². The SMILES string of the molecule is CCCCCC(=O)NNC(=O)OCc1ccccc1. The maximum absolute atomic E-state index is 11.3. The zero-order chi connectivity index (χ0) is 13.9. The Morgan fingerprint density at radius 3 is 2.53 bits per heavy atom. The van der Waals surface area contributed by atoms with Gasteiger partial charge in [-0.05, 0) is 12.0 Å². The molecule has 19 heavy (non-hydrogen) atoms. The molecule has 0 unspecified atom stereocenters. The van der Waals surface area contributed by atoms with Crippen LogP contribution in [0, 0.1) is 0 Å². The van der Waals surface area contributed by atoms with Crippen LogP contribution in [0.25, 0.3) is 0 Å².